The smallest absolute Gasteiger partial charge is 0.490 e. The van der Waals surface area contributed by atoms with Crippen LogP contribution in [0.25, 0.3) is 22.2 Å². The maximum absolute atomic E-state index is 13.3. The Hall–Kier alpha value is -4.34. The van der Waals surface area contributed by atoms with E-state index in [1.54, 1.807) is 7.11 Å². The molecule has 1 aromatic heterocycles. The van der Waals surface area contributed by atoms with Crippen molar-refractivity contribution in [2.75, 3.05) is 13.7 Å². The van der Waals surface area contributed by atoms with Gasteiger partial charge >= 0.3 is 12.1 Å². The maximum atomic E-state index is 13.3. The van der Waals surface area contributed by atoms with E-state index in [0.717, 1.165) is 51.3 Å². The van der Waals surface area contributed by atoms with Gasteiger partial charge in [-0.2, -0.15) is 13.2 Å². The van der Waals surface area contributed by atoms with Gasteiger partial charge in [-0.05, 0) is 41.0 Å². The summed E-state index contributed by atoms with van der Waals surface area (Å²) in [7, 11) is 3.69. The van der Waals surface area contributed by atoms with Crippen molar-refractivity contribution >= 4 is 22.9 Å². The molecule has 0 unspecified atom stereocenters. The first kappa shape index (κ1) is 25.7. The highest BCUT2D eigenvalue weighted by atomic mass is 19.4. The van der Waals surface area contributed by atoms with E-state index in [-0.39, 0.29) is 5.91 Å². The number of para-hydroxylation sites is 2. The standard InChI is InChI=1S/C25H23N3O2.C2HF3O2/c1-27-22-9-4-3-8-21(22)26-23(27)14-15-28-16-18-6-5-7-20(24(18)25(28)29)17-10-12-19(30-2)13-11-17;3-2(4,5)1(6)7/h3-13H,14-16H2,1-2H3;(H,6,7). The molecule has 10 heteroatoms. The molecule has 192 valence electrons. The number of aromatic nitrogens is 2. The molecular weight excluding hydrogens is 487 g/mol. The van der Waals surface area contributed by atoms with Gasteiger partial charge in [-0.3, -0.25) is 4.79 Å². The van der Waals surface area contributed by atoms with Crippen LogP contribution in [-0.2, 0) is 24.8 Å². The van der Waals surface area contributed by atoms with Crippen LogP contribution in [0.1, 0.15) is 21.7 Å². The average Bonchev–Trinajstić information content (AvgIpc) is 3.38. The first-order chi connectivity index (χ1) is 17.6. The highest BCUT2D eigenvalue weighted by molar-refractivity contribution is 6.04. The fourth-order valence-corrected chi connectivity index (χ4v) is 4.27. The van der Waals surface area contributed by atoms with E-state index in [0.29, 0.717) is 13.1 Å². The second-order valence-corrected chi connectivity index (χ2v) is 8.42. The van der Waals surface area contributed by atoms with Gasteiger partial charge in [-0.1, -0.05) is 42.5 Å². The second kappa shape index (κ2) is 10.3. The Morgan fingerprint density at radius 2 is 1.73 bits per heavy atom. The van der Waals surface area contributed by atoms with E-state index < -0.39 is 12.1 Å². The minimum absolute atomic E-state index is 0.0928. The number of hydrogen-bond acceptors (Lipinski definition) is 4. The minimum atomic E-state index is -5.08. The zero-order valence-electron chi connectivity index (χ0n) is 20.1. The van der Waals surface area contributed by atoms with Crippen molar-refractivity contribution < 1.29 is 32.6 Å². The summed E-state index contributed by atoms with van der Waals surface area (Å²) in [4.78, 5) is 28.8. The fraction of sp³-hybridized carbons (Fsp3) is 0.222. The molecular formula is C27H24F3N3O4. The van der Waals surface area contributed by atoms with Crippen molar-refractivity contribution in [3.05, 3.63) is 83.7 Å². The van der Waals surface area contributed by atoms with Gasteiger partial charge in [-0.25, -0.2) is 9.78 Å². The predicted molar refractivity (Wildman–Crippen MR) is 131 cm³/mol. The van der Waals surface area contributed by atoms with Crippen LogP contribution >= 0.6 is 0 Å². The number of hydrogen-bond donors (Lipinski definition) is 1. The minimum Gasteiger partial charge on any atom is -0.497 e. The quantitative estimate of drug-likeness (QED) is 0.404. The normalized spacial score (nSPS) is 12.8. The van der Waals surface area contributed by atoms with E-state index in [2.05, 4.69) is 16.7 Å². The van der Waals surface area contributed by atoms with Crippen molar-refractivity contribution in [3.8, 4) is 16.9 Å². The summed E-state index contributed by atoms with van der Waals surface area (Å²) in [5, 5.41) is 7.12. The molecule has 2 heterocycles. The van der Waals surface area contributed by atoms with Crippen LogP contribution in [0.4, 0.5) is 13.2 Å². The number of benzene rings is 3. The number of imidazole rings is 1. The van der Waals surface area contributed by atoms with Crippen LogP contribution in [0.15, 0.2) is 66.7 Å². The Morgan fingerprint density at radius 3 is 2.35 bits per heavy atom. The number of carboxylic acid groups (broad SMARTS) is 1. The molecule has 7 nitrogen and oxygen atoms in total. The van der Waals surface area contributed by atoms with Crippen molar-refractivity contribution in [3.63, 3.8) is 0 Å². The molecule has 3 aromatic carbocycles. The van der Waals surface area contributed by atoms with Gasteiger partial charge in [0.2, 0.25) is 0 Å². The molecule has 0 spiro atoms. The van der Waals surface area contributed by atoms with Gasteiger partial charge in [-0.15, -0.1) is 0 Å². The Morgan fingerprint density at radius 1 is 1.05 bits per heavy atom. The number of amides is 1. The van der Waals surface area contributed by atoms with Gasteiger partial charge in [0.1, 0.15) is 11.6 Å². The van der Waals surface area contributed by atoms with Gasteiger partial charge in [0.25, 0.3) is 5.91 Å². The number of alkyl halides is 3. The van der Waals surface area contributed by atoms with Crippen LogP contribution in [0.2, 0.25) is 0 Å². The number of aliphatic carboxylic acids is 1. The summed E-state index contributed by atoms with van der Waals surface area (Å²) in [6.45, 7) is 1.29. The van der Waals surface area contributed by atoms with Crippen molar-refractivity contribution in [2.45, 2.75) is 19.1 Å². The van der Waals surface area contributed by atoms with E-state index in [4.69, 9.17) is 19.6 Å². The molecule has 0 radical (unpaired) electrons. The molecule has 0 fully saturated rings. The number of aryl methyl sites for hydroxylation is 1. The molecule has 0 atom stereocenters. The summed E-state index contributed by atoms with van der Waals surface area (Å²) in [6, 6.07) is 22.1. The lowest BCUT2D eigenvalue weighted by Gasteiger charge is -2.15. The van der Waals surface area contributed by atoms with Gasteiger partial charge in [0, 0.05) is 26.6 Å². The Bertz CT molecular complexity index is 1450. The molecule has 1 amide bonds. The summed E-state index contributed by atoms with van der Waals surface area (Å²) >= 11 is 0. The molecule has 1 N–H and O–H groups in total. The Labute approximate surface area is 210 Å². The predicted octanol–water partition coefficient (Wildman–Crippen LogP) is 5.08. The number of nitrogens with zero attached hydrogens (tertiary/aromatic N) is 3. The van der Waals surface area contributed by atoms with Gasteiger partial charge < -0.3 is 19.3 Å². The third-order valence-corrected chi connectivity index (χ3v) is 6.14. The Kier molecular flexibility index (Phi) is 7.19. The van der Waals surface area contributed by atoms with Crippen molar-refractivity contribution in [2.24, 2.45) is 7.05 Å². The largest absolute Gasteiger partial charge is 0.497 e. The highest BCUT2D eigenvalue weighted by Crippen LogP contribution is 2.33. The van der Waals surface area contributed by atoms with Crippen LogP contribution in [-0.4, -0.2) is 51.3 Å². The van der Waals surface area contributed by atoms with E-state index in [9.17, 15) is 18.0 Å². The van der Waals surface area contributed by atoms with Crippen LogP contribution < -0.4 is 4.74 Å². The number of carboxylic acids is 1. The highest BCUT2D eigenvalue weighted by Gasteiger charge is 2.38. The summed E-state index contributed by atoms with van der Waals surface area (Å²) in [6.07, 6.45) is -4.36. The number of carbonyl (C=O) groups is 2. The second-order valence-electron chi connectivity index (χ2n) is 8.42. The number of fused-ring (bicyclic) bond motifs is 2. The first-order valence-electron chi connectivity index (χ1n) is 11.4. The summed E-state index contributed by atoms with van der Waals surface area (Å²) < 4.78 is 39.1. The van der Waals surface area contributed by atoms with E-state index >= 15 is 0 Å². The lowest BCUT2D eigenvalue weighted by atomic mass is 9.97. The van der Waals surface area contributed by atoms with Gasteiger partial charge in [0.05, 0.1) is 23.7 Å². The Balaban J connectivity index is 0.000000405. The lowest BCUT2D eigenvalue weighted by Crippen LogP contribution is -2.27. The first-order valence-corrected chi connectivity index (χ1v) is 11.4. The van der Waals surface area contributed by atoms with Crippen molar-refractivity contribution in [1.29, 1.82) is 0 Å². The molecule has 0 aliphatic carbocycles. The number of methoxy groups -OCH3 is 1. The molecule has 1 aliphatic rings. The van der Waals surface area contributed by atoms with Crippen LogP contribution in [0.5, 0.6) is 5.75 Å². The topological polar surface area (TPSA) is 84.7 Å². The lowest BCUT2D eigenvalue weighted by molar-refractivity contribution is -0.192. The number of carbonyl (C=O) groups excluding carboxylic acids is 1. The molecule has 0 saturated heterocycles. The number of rotatable bonds is 5. The molecule has 0 bridgehead atoms. The SMILES string of the molecule is COc1ccc(-c2cccc3c2C(=O)N(CCc2nc4ccccc4n2C)C3)cc1.O=C(O)C(F)(F)F. The maximum Gasteiger partial charge on any atom is 0.490 e. The van der Waals surface area contributed by atoms with E-state index in [1.165, 1.54) is 0 Å². The summed E-state index contributed by atoms with van der Waals surface area (Å²) in [5.41, 5.74) is 6.01. The monoisotopic (exact) mass is 511 g/mol. The zero-order valence-corrected chi connectivity index (χ0v) is 20.1. The van der Waals surface area contributed by atoms with Crippen molar-refractivity contribution in [1.82, 2.24) is 14.5 Å². The number of ether oxygens (including phenoxy) is 1. The third-order valence-electron chi connectivity index (χ3n) is 6.14. The molecule has 5 rings (SSSR count). The zero-order chi connectivity index (χ0) is 26.7. The third kappa shape index (κ3) is 5.42. The van der Waals surface area contributed by atoms with E-state index in [1.807, 2.05) is 66.5 Å². The van der Waals surface area contributed by atoms with Crippen LogP contribution in [0, 0.1) is 0 Å². The molecule has 37 heavy (non-hydrogen) atoms. The molecule has 4 aromatic rings. The molecule has 0 saturated carbocycles. The van der Waals surface area contributed by atoms with Crippen LogP contribution in [0.3, 0.4) is 0 Å². The average molecular weight is 512 g/mol. The molecule has 1 aliphatic heterocycles. The number of halogens is 3. The summed E-state index contributed by atoms with van der Waals surface area (Å²) in [5.74, 6) is -0.861. The van der Waals surface area contributed by atoms with Gasteiger partial charge in [0.15, 0.2) is 0 Å². The fourth-order valence-electron chi connectivity index (χ4n) is 4.27.